The van der Waals surface area contributed by atoms with E-state index in [1.165, 1.54) is 11.3 Å². The fraction of sp³-hybridized carbons (Fsp3) is 0.286. The number of fused-ring (bicyclic) bond motifs is 1. The van der Waals surface area contributed by atoms with E-state index in [2.05, 4.69) is 0 Å². The molecule has 1 aromatic rings. The number of nitrogens with two attached hydrogens (primary N) is 1. The summed E-state index contributed by atoms with van der Waals surface area (Å²) >= 11 is 1.49. The van der Waals surface area contributed by atoms with Gasteiger partial charge < -0.3 is 5.73 Å². The average Bonchev–Trinajstić information content (AvgIpc) is 2.41. The highest BCUT2D eigenvalue weighted by molar-refractivity contribution is 7.12. The van der Waals surface area contributed by atoms with Gasteiger partial charge in [-0.05, 0) is 23.4 Å². The summed E-state index contributed by atoms with van der Waals surface area (Å²) < 4.78 is 0. The van der Waals surface area contributed by atoms with E-state index in [0.29, 0.717) is 0 Å². The van der Waals surface area contributed by atoms with Crippen molar-refractivity contribution >= 4 is 17.1 Å². The van der Waals surface area contributed by atoms with Crippen molar-refractivity contribution in [3.05, 3.63) is 21.9 Å². The third-order valence-corrected chi connectivity index (χ3v) is 2.72. The Hall–Kier alpha value is -0.670. The SMILES string of the molecule is NC1Cc2ccsc2C1=O. The van der Waals surface area contributed by atoms with Crippen molar-refractivity contribution in [3.63, 3.8) is 0 Å². The van der Waals surface area contributed by atoms with Crippen molar-refractivity contribution in [1.82, 2.24) is 0 Å². The summed E-state index contributed by atoms with van der Waals surface area (Å²) in [5, 5.41) is 1.94. The zero-order valence-electron chi connectivity index (χ0n) is 5.33. The van der Waals surface area contributed by atoms with Crippen molar-refractivity contribution in [2.75, 3.05) is 0 Å². The number of carbonyl (C=O) groups excluding carboxylic acids is 1. The fourth-order valence-electron chi connectivity index (χ4n) is 1.21. The summed E-state index contributed by atoms with van der Waals surface area (Å²) in [6, 6.07) is 1.72. The Morgan fingerprint density at radius 3 is 3.20 bits per heavy atom. The molecular weight excluding hydrogens is 146 g/mol. The Labute approximate surface area is 62.7 Å². The van der Waals surface area contributed by atoms with Gasteiger partial charge in [-0.3, -0.25) is 4.79 Å². The maximum atomic E-state index is 11.1. The van der Waals surface area contributed by atoms with Crippen molar-refractivity contribution in [2.45, 2.75) is 12.5 Å². The molecule has 0 radical (unpaired) electrons. The standard InChI is InChI=1S/C7H7NOS/c8-5-3-4-1-2-10-7(4)6(5)9/h1-2,5H,3,8H2. The van der Waals surface area contributed by atoms with Crippen molar-refractivity contribution in [2.24, 2.45) is 5.73 Å². The molecular formula is C7H7NOS. The Balaban J connectivity index is 2.53. The minimum atomic E-state index is -0.262. The first-order valence-corrected chi connectivity index (χ1v) is 4.03. The third-order valence-electron chi connectivity index (χ3n) is 1.75. The minimum absolute atomic E-state index is 0.116. The molecule has 52 valence electrons. The van der Waals surface area contributed by atoms with Crippen LogP contribution in [-0.4, -0.2) is 11.8 Å². The summed E-state index contributed by atoms with van der Waals surface area (Å²) in [7, 11) is 0. The molecule has 3 heteroatoms. The summed E-state index contributed by atoms with van der Waals surface area (Å²) in [4.78, 5) is 12.0. The van der Waals surface area contributed by atoms with Crippen LogP contribution in [0.4, 0.5) is 0 Å². The van der Waals surface area contributed by atoms with Crippen LogP contribution < -0.4 is 5.73 Å². The summed E-state index contributed by atoms with van der Waals surface area (Å²) in [6.07, 6.45) is 0.734. The van der Waals surface area contributed by atoms with Gasteiger partial charge in [0.25, 0.3) is 0 Å². The first kappa shape index (κ1) is 6.07. The number of Topliss-reactive ketones (excluding diaryl/α,β-unsaturated/α-hetero) is 1. The highest BCUT2D eigenvalue weighted by atomic mass is 32.1. The maximum Gasteiger partial charge on any atom is 0.190 e. The van der Waals surface area contributed by atoms with Crippen LogP contribution in [0, 0.1) is 0 Å². The molecule has 1 unspecified atom stereocenters. The van der Waals surface area contributed by atoms with E-state index in [9.17, 15) is 4.79 Å². The highest BCUT2D eigenvalue weighted by Crippen LogP contribution is 2.25. The van der Waals surface area contributed by atoms with Crippen molar-refractivity contribution < 1.29 is 4.79 Å². The second kappa shape index (κ2) is 1.90. The van der Waals surface area contributed by atoms with E-state index < -0.39 is 0 Å². The van der Waals surface area contributed by atoms with E-state index in [1.807, 2.05) is 11.4 Å². The molecule has 1 heterocycles. The molecule has 1 atom stereocenters. The molecule has 0 amide bonds. The van der Waals surface area contributed by atoms with E-state index in [4.69, 9.17) is 5.73 Å². The lowest BCUT2D eigenvalue weighted by atomic mass is 10.2. The highest BCUT2D eigenvalue weighted by Gasteiger charge is 2.28. The van der Waals surface area contributed by atoms with Gasteiger partial charge in [0.05, 0.1) is 10.9 Å². The van der Waals surface area contributed by atoms with Gasteiger partial charge in [-0.25, -0.2) is 0 Å². The van der Waals surface area contributed by atoms with Crippen LogP contribution in [0.5, 0.6) is 0 Å². The van der Waals surface area contributed by atoms with Gasteiger partial charge in [0.1, 0.15) is 0 Å². The summed E-state index contributed by atoms with van der Waals surface area (Å²) in [6.45, 7) is 0. The summed E-state index contributed by atoms with van der Waals surface area (Å²) in [5.41, 5.74) is 6.66. The monoisotopic (exact) mass is 153 g/mol. The largest absolute Gasteiger partial charge is 0.321 e. The van der Waals surface area contributed by atoms with E-state index in [-0.39, 0.29) is 11.8 Å². The topological polar surface area (TPSA) is 43.1 Å². The van der Waals surface area contributed by atoms with E-state index in [0.717, 1.165) is 16.9 Å². The number of carbonyl (C=O) groups is 1. The molecule has 0 aliphatic heterocycles. The number of rotatable bonds is 0. The van der Waals surface area contributed by atoms with Crippen LogP contribution in [0.1, 0.15) is 15.2 Å². The molecule has 2 N–H and O–H groups in total. The number of ketones is 1. The Kier molecular flexibility index (Phi) is 1.16. The summed E-state index contributed by atoms with van der Waals surface area (Å²) in [5.74, 6) is 0.116. The molecule has 2 rings (SSSR count). The maximum absolute atomic E-state index is 11.1. The van der Waals surface area contributed by atoms with E-state index >= 15 is 0 Å². The quantitative estimate of drug-likeness (QED) is 0.599. The lowest BCUT2D eigenvalue weighted by Gasteiger charge is -1.94. The average molecular weight is 153 g/mol. The zero-order chi connectivity index (χ0) is 7.14. The molecule has 0 saturated heterocycles. The van der Waals surface area contributed by atoms with Gasteiger partial charge >= 0.3 is 0 Å². The zero-order valence-corrected chi connectivity index (χ0v) is 6.15. The second-order valence-corrected chi connectivity index (χ2v) is 3.37. The molecule has 1 aromatic heterocycles. The van der Waals surface area contributed by atoms with Crippen LogP contribution in [0.2, 0.25) is 0 Å². The van der Waals surface area contributed by atoms with Crippen molar-refractivity contribution in [1.29, 1.82) is 0 Å². The lowest BCUT2D eigenvalue weighted by molar-refractivity contribution is 0.0978. The fourth-order valence-corrected chi connectivity index (χ4v) is 2.15. The number of hydrogen-bond donors (Lipinski definition) is 1. The van der Waals surface area contributed by atoms with Gasteiger partial charge in [0.15, 0.2) is 5.78 Å². The predicted octanol–water partition coefficient (Wildman–Crippen LogP) is 0.814. The van der Waals surface area contributed by atoms with Crippen LogP contribution >= 0.6 is 11.3 Å². The normalized spacial score (nSPS) is 23.3. The molecule has 1 aliphatic rings. The lowest BCUT2D eigenvalue weighted by Crippen LogP contribution is -2.26. The third kappa shape index (κ3) is 0.646. The molecule has 0 bridgehead atoms. The molecule has 2 nitrogen and oxygen atoms in total. The van der Waals surface area contributed by atoms with Crippen LogP contribution in [0.3, 0.4) is 0 Å². The molecule has 1 aliphatic carbocycles. The van der Waals surface area contributed by atoms with Crippen LogP contribution in [0.25, 0.3) is 0 Å². The predicted molar refractivity (Wildman–Crippen MR) is 40.3 cm³/mol. The van der Waals surface area contributed by atoms with Gasteiger partial charge in [-0.2, -0.15) is 0 Å². The number of hydrogen-bond acceptors (Lipinski definition) is 3. The van der Waals surface area contributed by atoms with Gasteiger partial charge in [0, 0.05) is 0 Å². The minimum Gasteiger partial charge on any atom is -0.321 e. The first-order chi connectivity index (χ1) is 4.79. The van der Waals surface area contributed by atoms with Gasteiger partial charge in [-0.15, -0.1) is 11.3 Å². The van der Waals surface area contributed by atoms with Crippen LogP contribution in [0.15, 0.2) is 11.4 Å². The Bertz CT molecular complexity index is 279. The second-order valence-electron chi connectivity index (χ2n) is 2.45. The molecule has 0 saturated carbocycles. The Morgan fingerprint density at radius 2 is 2.50 bits per heavy atom. The van der Waals surface area contributed by atoms with Gasteiger partial charge in [-0.1, -0.05) is 0 Å². The van der Waals surface area contributed by atoms with Gasteiger partial charge in [0.2, 0.25) is 0 Å². The Morgan fingerprint density at radius 1 is 1.70 bits per heavy atom. The van der Waals surface area contributed by atoms with Crippen LogP contribution in [-0.2, 0) is 6.42 Å². The smallest absolute Gasteiger partial charge is 0.190 e. The van der Waals surface area contributed by atoms with Crippen molar-refractivity contribution in [3.8, 4) is 0 Å². The first-order valence-electron chi connectivity index (χ1n) is 3.15. The molecule has 0 aromatic carbocycles. The molecule has 10 heavy (non-hydrogen) atoms. The molecule has 0 fully saturated rings. The number of thiophene rings is 1. The molecule has 0 spiro atoms. The van der Waals surface area contributed by atoms with E-state index in [1.54, 1.807) is 0 Å².